The van der Waals surface area contributed by atoms with Crippen molar-refractivity contribution in [2.24, 2.45) is 0 Å². The minimum Gasteiger partial charge on any atom is -0.407 e. The van der Waals surface area contributed by atoms with Gasteiger partial charge in [-0.3, -0.25) is 4.79 Å². The highest BCUT2D eigenvalue weighted by Crippen LogP contribution is 2.15. The Balaban J connectivity index is 2.19. The molecule has 0 aliphatic rings. The number of benzene rings is 2. The summed E-state index contributed by atoms with van der Waals surface area (Å²) in [5.74, 6) is -1.13. The van der Waals surface area contributed by atoms with Gasteiger partial charge in [0.15, 0.2) is 5.58 Å². The highest BCUT2D eigenvalue weighted by atomic mass is 35.5. The van der Waals surface area contributed by atoms with Crippen LogP contribution in [0.5, 0.6) is 0 Å². The molecule has 0 saturated heterocycles. The van der Waals surface area contributed by atoms with Crippen LogP contribution < -0.4 is 5.76 Å². The number of hydrogen-bond acceptors (Lipinski definition) is 3. The molecule has 0 aliphatic carbocycles. The Kier molecular flexibility index (Phi) is 2.72. The smallest absolute Gasteiger partial charge is 0.407 e. The normalized spacial score (nSPS) is 10.8. The molecule has 3 rings (SSSR count). The van der Waals surface area contributed by atoms with Crippen LogP contribution in [0.4, 0.5) is 0 Å². The third-order valence-electron chi connectivity index (χ3n) is 2.78. The van der Waals surface area contributed by atoms with E-state index in [1.165, 1.54) is 0 Å². The van der Waals surface area contributed by atoms with Gasteiger partial charge in [-0.05, 0) is 36.4 Å². The number of aromatic nitrogens is 1. The Bertz CT molecular complexity index is 815. The number of para-hydroxylation sites is 2. The number of carbonyl (C=O) groups excluding carboxylic acids is 1. The van der Waals surface area contributed by atoms with E-state index in [4.69, 9.17) is 16.0 Å². The number of fused-ring (bicyclic) bond motifs is 1. The van der Waals surface area contributed by atoms with Gasteiger partial charge < -0.3 is 4.42 Å². The van der Waals surface area contributed by atoms with E-state index in [1.807, 2.05) is 0 Å². The van der Waals surface area contributed by atoms with Crippen molar-refractivity contribution in [3.05, 3.63) is 69.7 Å². The highest BCUT2D eigenvalue weighted by Gasteiger charge is 2.16. The molecule has 0 unspecified atom stereocenters. The number of oxazole rings is 1. The van der Waals surface area contributed by atoms with Gasteiger partial charge in [0, 0.05) is 10.6 Å². The van der Waals surface area contributed by atoms with Gasteiger partial charge in [0.25, 0.3) is 5.91 Å². The predicted molar refractivity (Wildman–Crippen MR) is 71.7 cm³/mol. The van der Waals surface area contributed by atoms with Crippen LogP contribution >= 0.6 is 11.6 Å². The molecule has 5 heteroatoms. The second-order valence-corrected chi connectivity index (χ2v) is 4.42. The highest BCUT2D eigenvalue weighted by molar-refractivity contribution is 6.30. The maximum atomic E-state index is 12.3. The molecule has 1 heterocycles. The molecular weight excluding hydrogens is 266 g/mol. The molecule has 0 spiro atoms. The van der Waals surface area contributed by atoms with Crippen LogP contribution in [0.25, 0.3) is 11.1 Å². The van der Waals surface area contributed by atoms with Crippen LogP contribution in [-0.2, 0) is 0 Å². The van der Waals surface area contributed by atoms with Crippen LogP contribution in [0.3, 0.4) is 0 Å². The van der Waals surface area contributed by atoms with Crippen molar-refractivity contribution < 1.29 is 9.21 Å². The Morgan fingerprint density at radius 2 is 1.74 bits per heavy atom. The fraction of sp³-hybridized carbons (Fsp3) is 0. The number of rotatable bonds is 1. The number of hydrogen-bond donors (Lipinski definition) is 0. The predicted octanol–water partition coefficient (Wildman–Crippen LogP) is 2.94. The maximum absolute atomic E-state index is 12.3. The zero-order valence-electron chi connectivity index (χ0n) is 9.67. The molecule has 0 saturated carbocycles. The molecule has 94 valence electrons. The van der Waals surface area contributed by atoms with Crippen LogP contribution in [0.2, 0.25) is 5.02 Å². The monoisotopic (exact) mass is 273 g/mol. The second-order valence-electron chi connectivity index (χ2n) is 3.98. The molecule has 0 amide bonds. The molecule has 19 heavy (non-hydrogen) atoms. The van der Waals surface area contributed by atoms with Gasteiger partial charge in [0.2, 0.25) is 0 Å². The van der Waals surface area contributed by atoms with Gasteiger partial charge >= 0.3 is 5.76 Å². The molecule has 0 bridgehead atoms. The minimum absolute atomic E-state index is 0.373. The van der Waals surface area contributed by atoms with Crippen molar-refractivity contribution in [3.8, 4) is 0 Å². The van der Waals surface area contributed by atoms with Crippen LogP contribution in [0, 0.1) is 0 Å². The van der Waals surface area contributed by atoms with E-state index < -0.39 is 11.7 Å². The summed E-state index contributed by atoms with van der Waals surface area (Å²) in [5.41, 5.74) is 1.21. The van der Waals surface area contributed by atoms with Gasteiger partial charge in [0.1, 0.15) is 0 Å². The van der Waals surface area contributed by atoms with E-state index in [0.29, 0.717) is 21.7 Å². The van der Waals surface area contributed by atoms with Crippen molar-refractivity contribution in [3.63, 3.8) is 0 Å². The van der Waals surface area contributed by atoms with Crippen molar-refractivity contribution in [1.29, 1.82) is 0 Å². The first-order valence-electron chi connectivity index (χ1n) is 5.58. The average Bonchev–Trinajstić information content (AvgIpc) is 2.74. The summed E-state index contributed by atoms with van der Waals surface area (Å²) >= 11 is 5.77. The summed E-state index contributed by atoms with van der Waals surface area (Å²) in [6, 6.07) is 13.1. The fourth-order valence-corrected chi connectivity index (χ4v) is 2.01. The van der Waals surface area contributed by atoms with Gasteiger partial charge in [0.05, 0.1) is 5.52 Å². The molecule has 0 aliphatic heterocycles. The summed E-state index contributed by atoms with van der Waals surface area (Å²) < 4.78 is 6.04. The van der Waals surface area contributed by atoms with Crippen LogP contribution in [0.1, 0.15) is 10.4 Å². The zero-order chi connectivity index (χ0) is 13.4. The molecule has 0 atom stereocenters. The van der Waals surface area contributed by atoms with E-state index in [2.05, 4.69) is 0 Å². The van der Waals surface area contributed by atoms with E-state index in [0.717, 1.165) is 4.57 Å². The number of halogens is 1. The molecular formula is C14H8ClNO3. The Labute approximate surface area is 112 Å². The van der Waals surface area contributed by atoms with Crippen molar-refractivity contribution in [2.45, 2.75) is 0 Å². The Hall–Kier alpha value is -2.33. The maximum Gasteiger partial charge on any atom is 0.427 e. The van der Waals surface area contributed by atoms with Crippen molar-refractivity contribution >= 4 is 28.6 Å². The Morgan fingerprint density at radius 3 is 2.47 bits per heavy atom. The molecule has 4 nitrogen and oxygen atoms in total. The van der Waals surface area contributed by atoms with E-state index in [1.54, 1.807) is 48.5 Å². The largest absolute Gasteiger partial charge is 0.427 e. The summed E-state index contributed by atoms with van der Waals surface area (Å²) in [6.45, 7) is 0. The number of nitrogens with zero attached hydrogens (tertiary/aromatic N) is 1. The number of carbonyl (C=O) groups is 1. The topological polar surface area (TPSA) is 52.2 Å². The second kappa shape index (κ2) is 4.40. The van der Waals surface area contributed by atoms with Gasteiger partial charge in [-0.2, -0.15) is 0 Å². The summed E-state index contributed by atoms with van der Waals surface area (Å²) in [7, 11) is 0. The lowest BCUT2D eigenvalue weighted by molar-refractivity contribution is 0.0956. The van der Waals surface area contributed by atoms with Crippen molar-refractivity contribution in [1.82, 2.24) is 4.57 Å². The summed E-state index contributed by atoms with van der Waals surface area (Å²) in [4.78, 5) is 24.1. The molecule has 2 aromatic carbocycles. The summed E-state index contributed by atoms with van der Waals surface area (Å²) in [5, 5.41) is 0.529. The first-order valence-corrected chi connectivity index (χ1v) is 5.95. The van der Waals surface area contributed by atoms with E-state index in [-0.39, 0.29) is 0 Å². The Morgan fingerprint density at radius 1 is 1.05 bits per heavy atom. The zero-order valence-corrected chi connectivity index (χ0v) is 10.4. The van der Waals surface area contributed by atoms with Gasteiger partial charge in [-0.25, -0.2) is 9.36 Å². The van der Waals surface area contributed by atoms with E-state index >= 15 is 0 Å². The molecule has 0 N–H and O–H groups in total. The quantitative estimate of drug-likeness (QED) is 0.685. The fourth-order valence-electron chi connectivity index (χ4n) is 1.88. The van der Waals surface area contributed by atoms with Crippen molar-refractivity contribution in [2.75, 3.05) is 0 Å². The SMILES string of the molecule is O=C(c1ccc(Cl)cc1)n1c(=O)oc2ccccc21. The first kappa shape index (κ1) is 11.7. The van der Waals surface area contributed by atoms with Gasteiger partial charge in [-0.15, -0.1) is 0 Å². The molecule has 1 aromatic heterocycles. The first-order chi connectivity index (χ1) is 9.16. The minimum atomic E-state index is -0.693. The lowest BCUT2D eigenvalue weighted by Gasteiger charge is -2.01. The third-order valence-corrected chi connectivity index (χ3v) is 3.03. The summed E-state index contributed by atoms with van der Waals surface area (Å²) in [6.07, 6.45) is 0. The van der Waals surface area contributed by atoms with Crippen LogP contribution in [0.15, 0.2) is 57.7 Å². The molecule has 3 aromatic rings. The van der Waals surface area contributed by atoms with Crippen LogP contribution in [-0.4, -0.2) is 10.5 Å². The lowest BCUT2D eigenvalue weighted by atomic mass is 10.2. The molecule has 0 radical (unpaired) electrons. The third kappa shape index (κ3) is 1.96. The van der Waals surface area contributed by atoms with E-state index in [9.17, 15) is 9.59 Å². The van der Waals surface area contributed by atoms with Gasteiger partial charge in [-0.1, -0.05) is 23.7 Å². The average molecular weight is 274 g/mol. The standard InChI is InChI=1S/C14H8ClNO3/c15-10-7-5-9(6-8-10)13(17)16-11-3-1-2-4-12(11)19-14(16)18/h1-8H. The molecule has 0 fully saturated rings. The lowest BCUT2D eigenvalue weighted by Crippen LogP contribution is -2.23.